The minimum atomic E-state index is -0.738. The minimum Gasteiger partial charge on any atom is -0.468 e. The van der Waals surface area contributed by atoms with Crippen LogP contribution in [0, 0.1) is 23.5 Å². The van der Waals surface area contributed by atoms with Gasteiger partial charge < -0.3 is 9.47 Å². The Bertz CT molecular complexity index is 1430. The number of nitrogens with zero attached hydrogens (tertiary/aromatic N) is 2. The van der Waals surface area contributed by atoms with E-state index in [1.165, 1.54) is 32.4 Å². The maximum absolute atomic E-state index is 16.2. The number of rotatable bonds is 5. The SMILES string of the molecule is COCOc1cc(-c2c(F)cc3c(C4CC5CCC(C5)C4)nc(Cl)nc3c2F)c2ccccc2c1. The molecule has 0 saturated heterocycles. The first-order valence-corrected chi connectivity index (χ1v) is 12.4. The van der Waals surface area contributed by atoms with E-state index < -0.39 is 11.6 Å². The second-order valence-electron chi connectivity index (χ2n) is 9.78. The van der Waals surface area contributed by atoms with E-state index in [2.05, 4.69) is 9.97 Å². The number of ether oxygens (including phenoxy) is 2. The van der Waals surface area contributed by atoms with E-state index >= 15 is 8.78 Å². The van der Waals surface area contributed by atoms with Crippen LogP contribution in [0.1, 0.15) is 43.7 Å². The lowest BCUT2D eigenvalue weighted by molar-refractivity contribution is 0.0512. The Morgan fingerprint density at radius 3 is 2.51 bits per heavy atom. The molecule has 4 nitrogen and oxygen atoms in total. The van der Waals surface area contributed by atoms with Crippen LogP contribution in [0.3, 0.4) is 0 Å². The van der Waals surface area contributed by atoms with Gasteiger partial charge in [-0.3, -0.25) is 0 Å². The largest absolute Gasteiger partial charge is 0.468 e. The third-order valence-electron chi connectivity index (χ3n) is 7.61. The van der Waals surface area contributed by atoms with Gasteiger partial charge in [-0.05, 0) is 77.2 Å². The van der Waals surface area contributed by atoms with Crippen molar-refractivity contribution in [1.82, 2.24) is 9.97 Å². The Morgan fingerprint density at radius 2 is 1.74 bits per heavy atom. The highest BCUT2D eigenvalue weighted by molar-refractivity contribution is 6.28. The zero-order valence-electron chi connectivity index (χ0n) is 19.4. The lowest BCUT2D eigenvalue weighted by Gasteiger charge is -2.28. The van der Waals surface area contributed by atoms with Crippen LogP contribution in [-0.2, 0) is 4.74 Å². The highest BCUT2D eigenvalue weighted by atomic mass is 35.5. The van der Waals surface area contributed by atoms with E-state index in [9.17, 15) is 0 Å². The monoisotopic (exact) mass is 494 g/mol. The Balaban J connectivity index is 1.55. The van der Waals surface area contributed by atoms with Gasteiger partial charge in [0.05, 0.1) is 11.3 Å². The quantitative estimate of drug-likeness (QED) is 0.211. The number of hydrogen-bond acceptors (Lipinski definition) is 4. The van der Waals surface area contributed by atoms with Crippen molar-refractivity contribution >= 4 is 33.3 Å². The third kappa shape index (κ3) is 4.03. The number of methoxy groups -OCH3 is 1. The van der Waals surface area contributed by atoms with Crippen LogP contribution in [-0.4, -0.2) is 23.9 Å². The molecule has 2 bridgehead atoms. The zero-order valence-corrected chi connectivity index (χ0v) is 20.1. The molecular formula is C28H25ClF2N2O2. The van der Waals surface area contributed by atoms with Crippen molar-refractivity contribution < 1.29 is 18.3 Å². The predicted molar refractivity (Wildman–Crippen MR) is 133 cm³/mol. The summed E-state index contributed by atoms with van der Waals surface area (Å²) >= 11 is 6.30. The van der Waals surface area contributed by atoms with Crippen molar-refractivity contribution in [3.05, 3.63) is 65.1 Å². The molecule has 0 radical (unpaired) electrons. The summed E-state index contributed by atoms with van der Waals surface area (Å²) in [5.41, 5.74) is 0.962. The average molecular weight is 495 g/mol. The maximum atomic E-state index is 16.2. The molecular weight excluding hydrogens is 470 g/mol. The van der Waals surface area contributed by atoms with Gasteiger partial charge in [0.2, 0.25) is 5.28 Å². The second-order valence-corrected chi connectivity index (χ2v) is 10.1. The highest BCUT2D eigenvalue weighted by Crippen LogP contribution is 2.49. The van der Waals surface area contributed by atoms with Crippen molar-refractivity contribution in [2.24, 2.45) is 11.8 Å². The van der Waals surface area contributed by atoms with E-state index in [0.29, 0.717) is 39.6 Å². The van der Waals surface area contributed by atoms with Crippen LogP contribution in [0.5, 0.6) is 5.75 Å². The Labute approximate surface area is 207 Å². The van der Waals surface area contributed by atoms with Crippen LogP contribution >= 0.6 is 11.6 Å². The fourth-order valence-corrected chi connectivity index (χ4v) is 6.35. The molecule has 1 aromatic heterocycles. The molecule has 1 heterocycles. The maximum Gasteiger partial charge on any atom is 0.223 e. The smallest absolute Gasteiger partial charge is 0.223 e. The molecule has 0 N–H and O–H groups in total. The van der Waals surface area contributed by atoms with Gasteiger partial charge in [-0.25, -0.2) is 18.7 Å². The molecule has 2 atom stereocenters. The van der Waals surface area contributed by atoms with Crippen LogP contribution in [0.25, 0.3) is 32.8 Å². The number of fused-ring (bicyclic) bond motifs is 4. The first-order chi connectivity index (χ1) is 17.0. The highest BCUT2D eigenvalue weighted by Gasteiger charge is 2.36. The molecule has 35 heavy (non-hydrogen) atoms. The Hall–Kier alpha value is -2.83. The van der Waals surface area contributed by atoms with Gasteiger partial charge in [-0.2, -0.15) is 0 Å². The summed E-state index contributed by atoms with van der Waals surface area (Å²) in [5.74, 6) is 0.503. The summed E-state index contributed by atoms with van der Waals surface area (Å²) in [4.78, 5) is 8.72. The fraction of sp³-hybridized carbons (Fsp3) is 0.357. The summed E-state index contributed by atoms with van der Waals surface area (Å²) in [7, 11) is 1.52. The van der Waals surface area contributed by atoms with Crippen LogP contribution < -0.4 is 4.74 Å². The van der Waals surface area contributed by atoms with E-state index in [1.807, 2.05) is 30.3 Å². The molecule has 6 rings (SSSR count). The van der Waals surface area contributed by atoms with Gasteiger partial charge in [-0.15, -0.1) is 0 Å². The van der Waals surface area contributed by atoms with E-state index in [0.717, 1.165) is 18.2 Å². The molecule has 3 aromatic carbocycles. The van der Waals surface area contributed by atoms with E-state index in [-0.39, 0.29) is 29.1 Å². The van der Waals surface area contributed by atoms with Gasteiger partial charge in [-0.1, -0.05) is 37.1 Å². The zero-order chi connectivity index (χ0) is 24.1. The standard InChI is InChI=1S/C28H25ClF2N2O2/c1-34-14-35-19-11-17-4-2-3-5-20(17)21(12-19)24-23(30)13-22-26(32-28(29)33-27(22)25(24)31)18-9-15-6-7-16(8-15)10-18/h2-5,11-13,15-16,18H,6-10,14H2,1H3. The molecule has 0 spiro atoms. The first-order valence-electron chi connectivity index (χ1n) is 12.0. The number of benzene rings is 3. The van der Waals surface area contributed by atoms with Crippen molar-refractivity contribution in [2.75, 3.05) is 13.9 Å². The predicted octanol–water partition coefficient (Wildman–Crippen LogP) is 7.66. The fourth-order valence-electron chi connectivity index (χ4n) is 6.18. The van der Waals surface area contributed by atoms with Crippen molar-refractivity contribution in [3.8, 4) is 16.9 Å². The van der Waals surface area contributed by atoms with Gasteiger partial charge in [0, 0.05) is 18.4 Å². The number of aromatic nitrogens is 2. The molecule has 2 aliphatic carbocycles. The minimum absolute atomic E-state index is 0.0103. The van der Waals surface area contributed by atoms with Crippen LogP contribution in [0.15, 0.2) is 42.5 Å². The second kappa shape index (κ2) is 8.99. The van der Waals surface area contributed by atoms with E-state index in [1.54, 1.807) is 6.07 Å². The summed E-state index contributed by atoms with van der Waals surface area (Å²) in [6, 6.07) is 12.3. The summed E-state index contributed by atoms with van der Waals surface area (Å²) in [6.07, 6.45) is 5.65. The Kier molecular flexibility index (Phi) is 5.81. The van der Waals surface area contributed by atoms with Crippen molar-refractivity contribution in [1.29, 1.82) is 0 Å². The van der Waals surface area contributed by atoms with Crippen LogP contribution in [0.2, 0.25) is 5.28 Å². The molecule has 7 heteroatoms. The van der Waals surface area contributed by atoms with Gasteiger partial charge in [0.1, 0.15) is 17.1 Å². The van der Waals surface area contributed by atoms with Crippen molar-refractivity contribution in [3.63, 3.8) is 0 Å². The number of halogens is 3. The molecule has 2 fully saturated rings. The molecule has 4 aromatic rings. The average Bonchev–Trinajstić information content (AvgIpc) is 3.20. The van der Waals surface area contributed by atoms with E-state index in [4.69, 9.17) is 21.1 Å². The lowest BCUT2D eigenvalue weighted by Crippen LogP contribution is -2.16. The van der Waals surface area contributed by atoms with Crippen LogP contribution in [0.4, 0.5) is 8.78 Å². The van der Waals surface area contributed by atoms with Gasteiger partial charge in [0.25, 0.3) is 0 Å². The van der Waals surface area contributed by atoms with Gasteiger partial charge >= 0.3 is 0 Å². The lowest BCUT2D eigenvalue weighted by atomic mass is 9.78. The molecule has 0 aliphatic heterocycles. The number of hydrogen-bond donors (Lipinski definition) is 0. The van der Waals surface area contributed by atoms with Crippen molar-refractivity contribution in [2.45, 2.75) is 38.0 Å². The topological polar surface area (TPSA) is 44.2 Å². The summed E-state index contributed by atoms with van der Waals surface area (Å²) in [5, 5.41) is 1.91. The summed E-state index contributed by atoms with van der Waals surface area (Å²) < 4.78 is 42.6. The third-order valence-corrected chi connectivity index (χ3v) is 7.77. The Morgan fingerprint density at radius 1 is 0.971 bits per heavy atom. The molecule has 2 unspecified atom stereocenters. The van der Waals surface area contributed by atoms with Gasteiger partial charge in [0.15, 0.2) is 12.6 Å². The molecule has 2 aliphatic rings. The normalized spacial score (nSPS) is 21.7. The molecule has 2 saturated carbocycles. The summed E-state index contributed by atoms with van der Waals surface area (Å²) in [6.45, 7) is 0.0238. The molecule has 0 amide bonds. The first kappa shape index (κ1) is 22.6. The molecule has 180 valence electrons.